The monoisotopic (exact) mass is 368 g/mol. The number of benzene rings is 2. The van der Waals surface area contributed by atoms with E-state index in [0.29, 0.717) is 13.0 Å². The SMILES string of the molecule is COc1ccc(CC2=NOC(CNC(=O)C(OC)c3ccccc3)C2)cc1. The van der Waals surface area contributed by atoms with Gasteiger partial charge in [0.2, 0.25) is 0 Å². The molecule has 2 aromatic carbocycles. The molecule has 27 heavy (non-hydrogen) atoms. The zero-order chi connectivity index (χ0) is 19.1. The van der Waals surface area contributed by atoms with Gasteiger partial charge in [0.25, 0.3) is 5.91 Å². The molecule has 1 amide bonds. The Morgan fingerprint density at radius 2 is 1.93 bits per heavy atom. The molecule has 0 aromatic heterocycles. The maximum Gasteiger partial charge on any atom is 0.253 e. The minimum Gasteiger partial charge on any atom is -0.497 e. The molecule has 1 heterocycles. The molecule has 6 heteroatoms. The van der Waals surface area contributed by atoms with Crippen LogP contribution >= 0.6 is 0 Å². The summed E-state index contributed by atoms with van der Waals surface area (Å²) in [6, 6.07) is 17.3. The molecule has 2 aromatic rings. The van der Waals surface area contributed by atoms with E-state index in [2.05, 4.69) is 10.5 Å². The van der Waals surface area contributed by atoms with E-state index in [-0.39, 0.29) is 12.0 Å². The zero-order valence-electron chi connectivity index (χ0n) is 15.6. The first-order chi connectivity index (χ1) is 13.2. The Bertz CT molecular complexity index is 775. The summed E-state index contributed by atoms with van der Waals surface area (Å²) in [5.74, 6) is 0.644. The van der Waals surface area contributed by atoms with Crippen LogP contribution in [0.1, 0.15) is 23.7 Å². The van der Waals surface area contributed by atoms with E-state index in [9.17, 15) is 4.79 Å². The van der Waals surface area contributed by atoms with Gasteiger partial charge in [-0.2, -0.15) is 0 Å². The van der Waals surface area contributed by atoms with Gasteiger partial charge in [-0.25, -0.2) is 0 Å². The summed E-state index contributed by atoms with van der Waals surface area (Å²) < 4.78 is 10.5. The third-order valence-electron chi connectivity index (χ3n) is 4.44. The number of carbonyl (C=O) groups is 1. The molecule has 3 rings (SSSR count). The largest absolute Gasteiger partial charge is 0.497 e. The highest BCUT2D eigenvalue weighted by atomic mass is 16.6. The van der Waals surface area contributed by atoms with E-state index in [1.807, 2.05) is 54.6 Å². The minimum atomic E-state index is -0.632. The fourth-order valence-electron chi connectivity index (χ4n) is 3.01. The summed E-state index contributed by atoms with van der Waals surface area (Å²) in [5, 5.41) is 7.05. The van der Waals surface area contributed by atoms with Crippen molar-refractivity contribution < 1.29 is 19.1 Å². The number of rotatable bonds is 8. The Hall–Kier alpha value is -2.86. The lowest BCUT2D eigenvalue weighted by Gasteiger charge is -2.17. The lowest BCUT2D eigenvalue weighted by atomic mass is 10.0. The normalized spacial score (nSPS) is 17.0. The van der Waals surface area contributed by atoms with Crippen LogP contribution in [0, 0.1) is 0 Å². The van der Waals surface area contributed by atoms with Crippen LogP contribution in [-0.4, -0.2) is 38.5 Å². The molecule has 0 saturated heterocycles. The number of methoxy groups -OCH3 is 2. The molecule has 2 unspecified atom stereocenters. The van der Waals surface area contributed by atoms with Crippen LogP contribution in [0.2, 0.25) is 0 Å². The summed E-state index contributed by atoms with van der Waals surface area (Å²) in [5.41, 5.74) is 2.93. The molecule has 0 fully saturated rings. The minimum absolute atomic E-state index is 0.157. The number of carbonyl (C=O) groups excluding carboxylic acids is 1. The van der Waals surface area contributed by atoms with Crippen LogP contribution in [0.15, 0.2) is 59.8 Å². The van der Waals surface area contributed by atoms with Crippen molar-refractivity contribution in [3.8, 4) is 5.75 Å². The summed E-state index contributed by atoms with van der Waals surface area (Å²) in [7, 11) is 3.17. The van der Waals surface area contributed by atoms with Gasteiger partial charge in [-0.05, 0) is 23.3 Å². The molecule has 1 aliphatic heterocycles. The van der Waals surface area contributed by atoms with Crippen molar-refractivity contribution in [1.82, 2.24) is 5.32 Å². The number of hydrogen-bond acceptors (Lipinski definition) is 5. The van der Waals surface area contributed by atoms with Crippen LogP contribution < -0.4 is 10.1 Å². The van der Waals surface area contributed by atoms with E-state index >= 15 is 0 Å². The molecule has 142 valence electrons. The number of hydrogen-bond donors (Lipinski definition) is 1. The lowest BCUT2D eigenvalue weighted by molar-refractivity contribution is -0.132. The van der Waals surface area contributed by atoms with Crippen molar-refractivity contribution in [3.05, 3.63) is 65.7 Å². The summed E-state index contributed by atoms with van der Waals surface area (Å²) in [4.78, 5) is 17.9. The molecule has 2 atom stereocenters. The highest BCUT2D eigenvalue weighted by Crippen LogP contribution is 2.18. The fourth-order valence-corrected chi connectivity index (χ4v) is 3.01. The summed E-state index contributed by atoms with van der Waals surface area (Å²) >= 11 is 0. The van der Waals surface area contributed by atoms with Gasteiger partial charge in [0.15, 0.2) is 6.10 Å². The average Bonchev–Trinajstić information content (AvgIpc) is 3.16. The number of nitrogens with zero attached hydrogens (tertiary/aromatic N) is 1. The van der Waals surface area contributed by atoms with E-state index in [1.165, 1.54) is 7.11 Å². The second-order valence-electron chi connectivity index (χ2n) is 6.39. The van der Waals surface area contributed by atoms with Crippen molar-refractivity contribution in [3.63, 3.8) is 0 Å². The highest BCUT2D eigenvalue weighted by molar-refractivity contribution is 5.87. The average molecular weight is 368 g/mol. The third kappa shape index (κ3) is 5.08. The zero-order valence-corrected chi connectivity index (χ0v) is 15.6. The van der Waals surface area contributed by atoms with Gasteiger partial charge in [0, 0.05) is 20.0 Å². The Morgan fingerprint density at radius 1 is 1.19 bits per heavy atom. The third-order valence-corrected chi connectivity index (χ3v) is 4.44. The van der Waals surface area contributed by atoms with Gasteiger partial charge in [-0.3, -0.25) is 4.79 Å². The molecule has 0 spiro atoms. The van der Waals surface area contributed by atoms with Crippen molar-refractivity contribution >= 4 is 11.6 Å². The Labute approximate surface area is 159 Å². The van der Waals surface area contributed by atoms with Crippen molar-refractivity contribution in [1.29, 1.82) is 0 Å². The van der Waals surface area contributed by atoms with Crippen LogP contribution in [0.25, 0.3) is 0 Å². The predicted octanol–water partition coefficient (Wildman–Crippen LogP) is 2.89. The maximum absolute atomic E-state index is 12.4. The second kappa shape index (κ2) is 9.19. The van der Waals surface area contributed by atoms with Gasteiger partial charge < -0.3 is 19.6 Å². The first kappa shape index (κ1) is 18.9. The van der Waals surface area contributed by atoms with Gasteiger partial charge in [-0.15, -0.1) is 0 Å². The standard InChI is InChI=1S/C21H24N2O4/c1-25-18-10-8-15(9-11-18)12-17-13-19(27-23-17)14-22-21(24)20(26-2)16-6-4-3-5-7-16/h3-11,19-20H,12-14H2,1-2H3,(H,22,24). The first-order valence-electron chi connectivity index (χ1n) is 8.89. The highest BCUT2D eigenvalue weighted by Gasteiger charge is 2.25. The number of oxime groups is 1. The van der Waals surface area contributed by atoms with Crippen molar-refractivity contribution in [2.24, 2.45) is 5.16 Å². The van der Waals surface area contributed by atoms with Crippen LogP contribution in [0.3, 0.4) is 0 Å². The molecule has 1 aliphatic rings. The molecule has 0 bridgehead atoms. The summed E-state index contributed by atoms with van der Waals surface area (Å²) in [6.45, 7) is 0.390. The maximum atomic E-state index is 12.4. The van der Waals surface area contributed by atoms with Gasteiger partial charge >= 0.3 is 0 Å². The molecular formula is C21H24N2O4. The first-order valence-corrected chi connectivity index (χ1v) is 8.89. The molecule has 6 nitrogen and oxygen atoms in total. The molecule has 0 radical (unpaired) electrons. The Morgan fingerprint density at radius 3 is 2.59 bits per heavy atom. The smallest absolute Gasteiger partial charge is 0.253 e. The number of amides is 1. The quantitative estimate of drug-likeness (QED) is 0.778. The van der Waals surface area contributed by atoms with Crippen molar-refractivity contribution in [2.75, 3.05) is 20.8 Å². The molecule has 0 aliphatic carbocycles. The van der Waals surface area contributed by atoms with Crippen LogP contribution in [0.4, 0.5) is 0 Å². The van der Waals surface area contributed by atoms with Crippen molar-refractivity contribution in [2.45, 2.75) is 25.0 Å². The van der Waals surface area contributed by atoms with E-state index in [0.717, 1.165) is 29.0 Å². The Balaban J connectivity index is 1.46. The van der Waals surface area contributed by atoms with Crippen LogP contribution in [0.5, 0.6) is 5.75 Å². The fraction of sp³-hybridized carbons (Fsp3) is 0.333. The topological polar surface area (TPSA) is 69.2 Å². The number of ether oxygens (including phenoxy) is 2. The molecule has 1 N–H and O–H groups in total. The predicted molar refractivity (Wildman–Crippen MR) is 103 cm³/mol. The van der Waals surface area contributed by atoms with Gasteiger partial charge in [-0.1, -0.05) is 47.6 Å². The molecular weight excluding hydrogens is 344 g/mol. The van der Waals surface area contributed by atoms with Gasteiger partial charge in [0.05, 0.1) is 19.4 Å². The Kier molecular flexibility index (Phi) is 6.44. The van der Waals surface area contributed by atoms with E-state index in [1.54, 1.807) is 7.11 Å². The van der Waals surface area contributed by atoms with E-state index in [4.69, 9.17) is 14.3 Å². The lowest BCUT2D eigenvalue weighted by Crippen LogP contribution is -2.36. The van der Waals surface area contributed by atoms with Crippen LogP contribution in [-0.2, 0) is 20.8 Å². The summed E-state index contributed by atoms with van der Waals surface area (Å²) in [6.07, 6.45) is 0.622. The van der Waals surface area contributed by atoms with Gasteiger partial charge in [0.1, 0.15) is 11.9 Å². The second-order valence-corrected chi connectivity index (χ2v) is 6.39. The van der Waals surface area contributed by atoms with E-state index < -0.39 is 6.10 Å². The molecule has 0 saturated carbocycles. The number of nitrogens with one attached hydrogen (secondary N) is 1.